The van der Waals surface area contributed by atoms with Crippen molar-refractivity contribution >= 4 is 17.9 Å². The van der Waals surface area contributed by atoms with Crippen molar-refractivity contribution in [1.29, 1.82) is 0 Å². The molecule has 0 unspecified atom stereocenters. The summed E-state index contributed by atoms with van der Waals surface area (Å²) in [7, 11) is -1.62. The Morgan fingerprint density at radius 3 is 1.91 bits per heavy atom. The maximum atomic E-state index is 14.6. The van der Waals surface area contributed by atoms with Crippen LogP contribution < -0.4 is 26.2 Å². The highest BCUT2D eigenvalue weighted by atomic mass is 31.2. The number of nitrogens with zero attached hydrogens (tertiary/aromatic N) is 1. The molecule has 3 N–H and O–H groups in total. The zero-order valence-electron chi connectivity index (χ0n) is 17.8. The normalized spacial score (nSPS) is 13.3. The van der Waals surface area contributed by atoms with Crippen molar-refractivity contribution in [1.82, 2.24) is 10.1 Å². The zero-order valence-corrected chi connectivity index (χ0v) is 18.7. The molecular formula is C26H26N3O2P. The number of nitrogens with two attached hydrogens (primary N) is 1. The fraction of sp³-hybridized carbons (Fsp3) is 0.115. The molecule has 32 heavy (non-hydrogen) atoms. The van der Waals surface area contributed by atoms with E-state index in [1.54, 1.807) is 19.4 Å². The first-order valence-corrected chi connectivity index (χ1v) is 12.1. The third-order valence-corrected chi connectivity index (χ3v) is 8.10. The molecule has 0 bridgehead atoms. The van der Waals surface area contributed by atoms with Crippen LogP contribution in [0.15, 0.2) is 109 Å². The number of benzene rings is 3. The third kappa shape index (κ3) is 4.66. The molecular weight excluding hydrogens is 417 g/mol. The topological polar surface area (TPSA) is 77.2 Å². The van der Waals surface area contributed by atoms with Gasteiger partial charge >= 0.3 is 0 Å². The van der Waals surface area contributed by atoms with Gasteiger partial charge in [0.2, 0.25) is 7.29 Å². The number of pyridine rings is 1. The van der Waals surface area contributed by atoms with Gasteiger partial charge in [0.1, 0.15) is 5.75 Å². The molecule has 1 aromatic heterocycles. The average Bonchev–Trinajstić information content (AvgIpc) is 2.88. The van der Waals surface area contributed by atoms with E-state index < -0.39 is 19.4 Å². The van der Waals surface area contributed by atoms with Crippen molar-refractivity contribution in [2.45, 2.75) is 12.1 Å². The number of methoxy groups -OCH3 is 1. The summed E-state index contributed by atoms with van der Waals surface area (Å²) < 4.78 is 20.0. The summed E-state index contributed by atoms with van der Waals surface area (Å²) in [5.74, 6) is 0.673. The quantitative estimate of drug-likeness (QED) is 0.396. The van der Waals surface area contributed by atoms with Gasteiger partial charge in [0.05, 0.1) is 24.9 Å². The lowest BCUT2D eigenvalue weighted by atomic mass is 9.98. The maximum absolute atomic E-state index is 14.6. The number of hydrogen-bond acceptors (Lipinski definition) is 4. The van der Waals surface area contributed by atoms with Gasteiger partial charge in [-0.2, -0.15) is 0 Å². The van der Waals surface area contributed by atoms with E-state index >= 15 is 0 Å². The van der Waals surface area contributed by atoms with Gasteiger partial charge in [-0.25, -0.2) is 0 Å². The van der Waals surface area contributed by atoms with Crippen LogP contribution in [0.2, 0.25) is 0 Å². The summed E-state index contributed by atoms with van der Waals surface area (Å²) in [4.78, 5) is 4.47. The fourth-order valence-electron chi connectivity index (χ4n) is 3.70. The fourth-order valence-corrected chi connectivity index (χ4v) is 6.18. The predicted octanol–water partition coefficient (Wildman–Crippen LogP) is 4.35. The molecule has 1 heterocycles. The van der Waals surface area contributed by atoms with Crippen LogP contribution in [-0.2, 0) is 4.57 Å². The summed E-state index contributed by atoms with van der Waals surface area (Å²) in [6.45, 7) is 0. The molecule has 0 aliphatic carbocycles. The minimum absolute atomic E-state index is 0.456. The summed E-state index contributed by atoms with van der Waals surface area (Å²) >= 11 is 0. The Morgan fingerprint density at radius 2 is 1.38 bits per heavy atom. The van der Waals surface area contributed by atoms with Gasteiger partial charge in [-0.15, -0.1) is 0 Å². The number of nitrogens with one attached hydrogen (secondary N) is 1. The van der Waals surface area contributed by atoms with Gasteiger partial charge in [-0.05, 0) is 35.9 Å². The number of aromatic nitrogens is 1. The van der Waals surface area contributed by atoms with Crippen LogP contribution in [0.25, 0.3) is 0 Å². The van der Waals surface area contributed by atoms with Crippen molar-refractivity contribution in [2.24, 2.45) is 5.73 Å². The molecule has 0 aliphatic rings. The van der Waals surface area contributed by atoms with Gasteiger partial charge < -0.3 is 10.5 Å². The van der Waals surface area contributed by atoms with E-state index in [1.165, 1.54) is 0 Å². The summed E-state index contributed by atoms with van der Waals surface area (Å²) in [5.41, 5.74) is 8.34. The first kappa shape index (κ1) is 22.0. The van der Waals surface area contributed by atoms with Crippen LogP contribution in [-0.4, -0.2) is 12.1 Å². The summed E-state index contributed by atoms with van der Waals surface area (Å²) in [5, 5.41) is 4.91. The smallest absolute Gasteiger partial charge is 0.205 e. The molecule has 0 fully saturated rings. The molecule has 162 valence electrons. The lowest BCUT2D eigenvalue weighted by molar-refractivity contribution is 0.411. The van der Waals surface area contributed by atoms with Crippen LogP contribution in [0.4, 0.5) is 0 Å². The number of rotatable bonds is 8. The minimum Gasteiger partial charge on any atom is -0.497 e. The second-order valence-corrected chi connectivity index (χ2v) is 9.95. The Kier molecular flexibility index (Phi) is 6.81. The van der Waals surface area contributed by atoms with Gasteiger partial charge in [0.25, 0.3) is 0 Å². The molecule has 5 nitrogen and oxygen atoms in total. The Labute approximate surface area is 188 Å². The SMILES string of the molecule is COc1ccnc([C@H](N)[C@@H](NP(=O)(c2ccccc2)c2ccccc2)c2ccccc2)c1. The highest BCUT2D eigenvalue weighted by Crippen LogP contribution is 2.44. The number of hydrogen-bond donors (Lipinski definition) is 2. The molecule has 0 saturated heterocycles. The van der Waals surface area contributed by atoms with Gasteiger partial charge in [-0.3, -0.25) is 14.6 Å². The van der Waals surface area contributed by atoms with E-state index in [1.807, 2.05) is 97.1 Å². The van der Waals surface area contributed by atoms with Crippen molar-refractivity contribution in [3.63, 3.8) is 0 Å². The molecule has 0 amide bonds. The summed E-state index contributed by atoms with van der Waals surface area (Å²) in [6, 6.07) is 31.4. The molecule has 4 rings (SSSR count). The van der Waals surface area contributed by atoms with Crippen LogP contribution in [0.5, 0.6) is 5.75 Å². The van der Waals surface area contributed by atoms with Crippen molar-refractivity contribution in [3.05, 3.63) is 121 Å². The Morgan fingerprint density at radius 1 is 0.844 bits per heavy atom. The average molecular weight is 443 g/mol. The lowest BCUT2D eigenvalue weighted by Gasteiger charge is -2.31. The maximum Gasteiger partial charge on any atom is 0.205 e. The predicted molar refractivity (Wildman–Crippen MR) is 130 cm³/mol. The second kappa shape index (κ2) is 9.92. The Balaban J connectivity index is 1.82. The molecule has 4 aromatic rings. The van der Waals surface area contributed by atoms with E-state index in [2.05, 4.69) is 10.1 Å². The van der Waals surface area contributed by atoms with E-state index in [9.17, 15) is 4.57 Å². The van der Waals surface area contributed by atoms with Gasteiger partial charge in [0, 0.05) is 22.9 Å². The monoisotopic (exact) mass is 443 g/mol. The van der Waals surface area contributed by atoms with E-state index in [4.69, 9.17) is 10.5 Å². The second-order valence-electron chi connectivity index (χ2n) is 7.44. The lowest BCUT2D eigenvalue weighted by Crippen LogP contribution is -2.36. The first-order valence-electron chi connectivity index (χ1n) is 10.4. The van der Waals surface area contributed by atoms with Crippen LogP contribution in [0, 0.1) is 0 Å². The van der Waals surface area contributed by atoms with Crippen LogP contribution >= 0.6 is 7.29 Å². The Bertz CT molecular complexity index is 1140. The molecule has 2 atom stereocenters. The van der Waals surface area contributed by atoms with Crippen molar-refractivity contribution < 1.29 is 9.30 Å². The Hall–Kier alpha value is -3.24. The first-order chi connectivity index (χ1) is 15.6. The van der Waals surface area contributed by atoms with Gasteiger partial charge in [0.15, 0.2) is 0 Å². The van der Waals surface area contributed by atoms with Crippen LogP contribution in [0.1, 0.15) is 23.3 Å². The molecule has 0 spiro atoms. The van der Waals surface area contributed by atoms with Crippen LogP contribution in [0.3, 0.4) is 0 Å². The number of ether oxygens (including phenoxy) is 1. The highest BCUT2D eigenvalue weighted by Gasteiger charge is 2.34. The zero-order chi connectivity index (χ0) is 22.4. The summed E-state index contributed by atoms with van der Waals surface area (Å²) in [6.07, 6.45) is 1.67. The molecule has 0 saturated carbocycles. The molecule has 0 aliphatic heterocycles. The standard InChI is InChI=1S/C26H26N3O2P/c1-31-21-17-18-28-24(19-21)25(27)26(20-11-5-2-6-12-20)29-32(30,22-13-7-3-8-14-22)23-15-9-4-10-16-23/h2-19,25-26H,27H2,1H3,(H,29,30)/t25-,26-/m0/s1. The molecule has 3 aromatic carbocycles. The van der Waals surface area contributed by atoms with Crippen molar-refractivity contribution in [3.8, 4) is 5.75 Å². The van der Waals surface area contributed by atoms with Crippen molar-refractivity contribution in [2.75, 3.05) is 7.11 Å². The largest absolute Gasteiger partial charge is 0.497 e. The highest BCUT2D eigenvalue weighted by molar-refractivity contribution is 7.76. The molecule has 0 radical (unpaired) electrons. The third-order valence-electron chi connectivity index (χ3n) is 5.41. The van der Waals surface area contributed by atoms with E-state index in [0.29, 0.717) is 11.4 Å². The van der Waals surface area contributed by atoms with Gasteiger partial charge in [-0.1, -0.05) is 66.7 Å². The van der Waals surface area contributed by atoms with E-state index in [0.717, 1.165) is 16.2 Å². The van der Waals surface area contributed by atoms with E-state index in [-0.39, 0.29) is 0 Å². The molecule has 6 heteroatoms. The minimum atomic E-state index is -3.23.